The second-order valence-corrected chi connectivity index (χ2v) is 7.30. The molecule has 0 saturated heterocycles. The van der Waals surface area contributed by atoms with Crippen LogP contribution in [0.2, 0.25) is 0 Å². The zero-order valence-corrected chi connectivity index (χ0v) is 18.2. The van der Waals surface area contributed by atoms with Crippen LogP contribution < -0.4 is 5.32 Å². The monoisotopic (exact) mass is 441 g/mol. The van der Waals surface area contributed by atoms with E-state index in [0.717, 1.165) is 7.11 Å². The van der Waals surface area contributed by atoms with Crippen LogP contribution in [0.25, 0.3) is 0 Å². The molecule has 2 N–H and O–H groups in total. The summed E-state index contributed by atoms with van der Waals surface area (Å²) in [4.78, 5) is 48.6. The molecule has 2 aromatic carbocycles. The number of carbonyl (C=O) groups excluding carboxylic acids is 4. The largest absolute Gasteiger partial charge is 0.468 e. The van der Waals surface area contributed by atoms with E-state index in [4.69, 9.17) is 4.74 Å². The Labute approximate surface area is 186 Å². The number of Topliss-reactive ketones (excluding diaryl/α,β-unsaturated/α-hetero) is 1. The molecule has 4 atom stereocenters. The average molecular weight is 441 g/mol. The third kappa shape index (κ3) is 6.75. The summed E-state index contributed by atoms with van der Waals surface area (Å²) in [5.41, 5.74) is 1.10. The van der Waals surface area contributed by atoms with Gasteiger partial charge in [0.1, 0.15) is 17.8 Å². The van der Waals surface area contributed by atoms with Gasteiger partial charge >= 0.3 is 11.9 Å². The minimum atomic E-state index is -1.37. The average Bonchev–Trinajstić information content (AvgIpc) is 2.77. The Hall–Kier alpha value is -3.52. The van der Waals surface area contributed by atoms with Gasteiger partial charge in [0.15, 0.2) is 6.10 Å². The lowest BCUT2D eigenvalue weighted by Crippen LogP contribution is -2.47. The Balaban J connectivity index is 2.29. The number of hydrogen-bond donors (Lipinski definition) is 2. The number of ether oxygens (including phenoxy) is 2. The number of ketones is 1. The Morgan fingerprint density at radius 1 is 0.906 bits per heavy atom. The third-order valence-electron chi connectivity index (χ3n) is 4.89. The zero-order valence-electron chi connectivity index (χ0n) is 18.2. The van der Waals surface area contributed by atoms with Gasteiger partial charge in [-0.15, -0.1) is 0 Å². The second-order valence-electron chi connectivity index (χ2n) is 7.30. The molecule has 0 spiro atoms. The highest BCUT2D eigenvalue weighted by Crippen LogP contribution is 2.32. The molecule has 0 aliphatic heterocycles. The van der Waals surface area contributed by atoms with Gasteiger partial charge in [0.05, 0.1) is 19.6 Å². The van der Waals surface area contributed by atoms with Gasteiger partial charge in [-0.2, -0.15) is 0 Å². The number of benzene rings is 2. The molecule has 32 heavy (non-hydrogen) atoms. The summed E-state index contributed by atoms with van der Waals surface area (Å²) in [6, 6.07) is 16.3. The molecular formula is C24H27NO7. The van der Waals surface area contributed by atoms with Crippen molar-refractivity contribution in [3.05, 3.63) is 71.8 Å². The first-order valence-corrected chi connectivity index (χ1v) is 10.1. The zero-order chi connectivity index (χ0) is 23.7. The molecule has 0 fully saturated rings. The third-order valence-corrected chi connectivity index (χ3v) is 4.89. The van der Waals surface area contributed by atoms with Gasteiger partial charge in [0, 0.05) is 6.92 Å². The maximum absolute atomic E-state index is 12.8. The van der Waals surface area contributed by atoms with Crippen molar-refractivity contribution in [3.63, 3.8) is 0 Å². The number of carbonyl (C=O) groups is 4. The van der Waals surface area contributed by atoms with E-state index < -0.39 is 54.2 Å². The van der Waals surface area contributed by atoms with Crippen molar-refractivity contribution < 1.29 is 33.8 Å². The number of aliphatic hydroxyl groups excluding tert-OH is 1. The fourth-order valence-corrected chi connectivity index (χ4v) is 3.41. The fraction of sp³-hybridized carbons (Fsp3) is 0.333. The summed E-state index contributed by atoms with van der Waals surface area (Å²) in [6.07, 6.45) is -2.67. The summed E-state index contributed by atoms with van der Waals surface area (Å²) < 4.78 is 10.3. The van der Waals surface area contributed by atoms with E-state index in [1.165, 1.54) is 13.8 Å². The van der Waals surface area contributed by atoms with Crippen LogP contribution in [0.1, 0.15) is 43.6 Å². The minimum absolute atomic E-state index is 0.468. The first kappa shape index (κ1) is 24.7. The fourth-order valence-electron chi connectivity index (χ4n) is 3.41. The van der Waals surface area contributed by atoms with Crippen LogP contribution in [-0.4, -0.2) is 41.9 Å². The summed E-state index contributed by atoms with van der Waals surface area (Å²) in [6.45, 7) is 2.38. The number of esters is 2. The number of rotatable bonds is 10. The van der Waals surface area contributed by atoms with Crippen molar-refractivity contribution in [2.75, 3.05) is 7.11 Å². The van der Waals surface area contributed by atoms with E-state index in [-0.39, 0.29) is 0 Å². The molecule has 2 rings (SSSR count). The number of nitrogens with one attached hydrogen (secondary N) is 1. The van der Waals surface area contributed by atoms with Crippen LogP contribution in [0.3, 0.4) is 0 Å². The quantitative estimate of drug-likeness (QED) is 0.429. The van der Waals surface area contributed by atoms with Gasteiger partial charge in [-0.3, -0.25) is 19.2 Å². The molecule has 8 nitrogen and oxygen atoms in total. The first-order valence-electron chi connectivity index (χ1n) is 10.1. The van der Waals surface area contributed by atoms with Crippen molar-refractivity contribution in [2.45, 2.75) is 38.5 Å². The van der Waals surface area contributed by atoms with E-state index in [1.54, 1.807) is 60.7 Å². The summed E-state index contributed by atoms with van der Waals surface area (Å²) in [5.74, 6) is -4.13. The molecule has 0 aliphatic carbocycles. The predicted octanol–water partition coefficient (Wildman–Crippen LogP) is 2.28. The minimum Gasteiger partial charge on any atom is -0.468 e. The highest BCUT2D eigenvalue weighted by molar-refractivity contribution is 5.99. The van der Waals surface area contributed by atoms with Gasteiger partial charge in [-0.1, -0.05) is 60.7 Å². The Bertz CT molecular complexity index is 930. The number of hydrogen-bond acceptors (Lipinski definition) is 7. The molecule has 1 unspecified atom stereocenters. The van der Waals surface area contributed by atoms with Crippen LogP contribution in [0.5, 0.6) is 0 Å². The van der Waals surface area contributed by atoms with E-state index in [9.17, 15) is 24.3 Å². The molecule has 0 saturated carbocycles. The highest BCUT2D eigenvalue weighted by Gasteiger charge is 2.37. The van der Waals surface area contributed by atoms with E-state index in [2.05, 4.69) is 10.1 Å². The Morgan fingerprint density at radius 3 is 1.91 bits per heavy atom. The molecule has 8 heteroatoms. The van der Waals surface area contributed by atoms with Crippen molar-refractivity contribution in [3.8, 4) is 0 Å². The number of amides is 1. The lowest BCUT2D eigenvalue weighted by Gasteiger charge is -2.27. The van der Waals surface area contributed by atoms with Crippen molar-refractivity contribution in [1.82, 2.24) is 5.32 Å². The molecule has 0 aliphatic rings. The topological polar surface area (TPSA) is 119 Å². The number of aliphatic hydroxyl groups is 1. The van der Waals surface area contributed by atoms with Crippen LogP contribution in [0.15, 0.2) is 60.7 Å². The van der Waals surface area contributed by atoms with Crippen molar-refractivity contribution in [2.24, 2.45) is 5.92 Å². The van der Waals surface area contributed by atoms with Crippen LogP contribution in [0, 0.1) is 5.92 Å². The standard InChI is InChI=1S/C24H27NO7/c1-15(26)21(24(30)31-3)19(25-16(2)27)14-20(28)32-23(18-12-8-5-9-13-18)22(29)17-10-6-4-7-11-17/h4-13,19,21-23,29H,14H2,1-3H3,(H,25,27)/t19-,21?,22-,23-/m0/s1. The molecule has 0 heterocycles. The maximum atomic E-state index is 12.8. The van der Waals surface area contributed by atoms with E-state index >= 15 is 0 Å². The van der Waals surface area contributed by atoms with Gasteiger partial charge in [0.2, 0.25) is 5.91 Å². The number of methoxy groups -OCH3 is 1. The van der Waals surface area contributed by atoms with E-state index in [1.807, 2.05) is 0 Å². The molecule has 1 amide bonds. The normalized spacial score (nSPS) is 14.4. The summed E-state index contributed by atoms with van der Waals surface area (Å²) >= 11 is 0. The van der Waals surface area contributed by atoms with Crippen LogP contribution in [0.4, 0.5) is 0 Å². The lowest BCUT2D eigenvalue weighted by atomic mass is 9.93. The maximum Gasteiger partial charge on any atom is 0.318 e. The van der Waals surface area contributed by atoms with Gasteiger partial charge in [0.25, 0.3) is 0 Å². The van der Waals surface area contributed by atoms with E-state index in [0.29, 0.717) is 11.1 Å². The Morgan fingerprint density at radius 2 is 1.44 bits per heavy atom. The van der Waals surface area contributed by atoms with Gasteiger partial charge < -0.3 is 19.9 Å². The van der Waals surface area contributed by atoms with Gasteiger partial charge in [-0.05, 0) is 18.1 Å². The SMILES string of the molecule is COC(=O)C(C(C)=O)[C@H](CC(=O)O[C@@H](c1ccccc1)[C@@H](O)c1ccccc1)NC(C)=O. The smallest absolute Gasteiger partial charge is 0.318 e. The highest BCUT2D eigenvalue weighted by atomic mass is 16.6. The molecular weight excluding hydrogens is 414 g/mol. The van der Waals surface area contributed by atoms with Crippen molar-refractivity contribution >= 4 is 23.6 Å². The van der Waals surface area contributed by atoms with Crippen molar-refractivity contribution in [1.29, 1.82) is 0 Å². The molecule has 2 aromatic rings. The van der Waals surface area contributed by atoms with Gasteiger partial charge in [-0.25, -0.2) is 0 Å². The predicted molar refractivity (Wildman–Crippen MR) is 115 cm³/mol. The summed E-state index contributed by atoms with van der Waals surface area (Å²) in [7, 11) is 1.11. The summed E-state index contributed by atoms with van der Waals surface area (Å²) in [5, 5.41) is 13.4. The first-order chi connectivity index (χ1) is 15.2. The second kappa shape index (κ2) is 11.8. The molecule has 0 aromatic heterocycles. The molecule has 0 bridgehead atoms. The Kier molecular flexibility index (Phi) is 9.09. The van der Waals surface area contributed by atoms with Crippen LogP contribution >= 0.6 is 0 Å². The van der Waals surface area contributed by atoms with Crippen LogP contribution in [-0.2, 0) is 28.7 Å². The molecule has 170 valence electrons. The molecule has 0 radical (unpaired) electrons. The lowest BCUT2D eigenvalue weighted by molar-refractivity contribution is -0.158.